The number of benzene rings is 1. The summed E-state index contributed by atoms with van der Waals surface area (Å²) >= 11 is 6.30. The molecule has 2 rings (SSSR count). The number of halogens is 1. The molecule has 1 unspecified atom stereocenters. The van der Waals surface area contributed by atoms with Gasteiger partial charge in [0.1, 0.15) is 0 Å². The van der Waals surface area contributed by atoms with E-state index in [9.17, 15) is 14.4 Å². The number of allylic oxidation sites excluding steroid dienone is 2. The maximum absolute atomic E-state index is 12.4. The van der Waals surface area contributed by atoms with Crippen molar-refractivity contribution < 1.29 is 23.9 Å². The smallest absolute Gasteiger partial charge is 0.336 e. The van der Waals surface area contributed by atoms with Gasteiger partial charge in [-0.3, -0.25) is 4.79 Å². The third-order valence-corrected chi connectivity index (χ3v) is 4.29. The van der Waals surface area contributed by atoms with Crippen LogP contribution in [0.1, 0.15) is 25.3 Å². The first-order chi connectivity index (χ1) is 11.8. The minimum Gasteiger partial charge on any atom is -0.466 e. The molecule has 0 aromatic heterocycles. The fourth-order valence-electron chi connectivity index (χ4n) is 2.84. The van der Waals surface area contributed by atoms with Crippen molar-refractivity contribution >= 4 is 29.3 Å². The molecule has 0 saturated carbocycles. The Morgan fingerprint density at radius 3 is 2.12 bits per heavy atom. The van der Waals surface area contributed by atoms with E-state index in [1.807, 2.05) is 0 Å². The summed E-state index contributed by atoms with van der Waals surface area (Å²) in [7, 11) is 2.45. The quantitative estimate of drug-likeness (QED) is 0.828. The molecule has 0 spiro atoms. The first kappa shape index (κ1) is 18.7. The van der Waals surface area contributed by atoms with Crippen molar-refractivity contribution in [1.29, 1.82) is 0 Å². The Balaban J connectivity index is 2.83. The third-order valence-electron chi connectivity index (χ3n) is 3.94. The number of ketones is 1. The Labute approximate surface area is 150 Å². The van der Waals surface area contributed by atoms with Crippen molar-refractivity contribution in [3.8, 4) is 0 Å². The lowest BCUT2D eigenvalue weighted by Crippen LogP contribution is -2.35. The lowest BCUT2D eigenvalue weighted by atomic mass is 9.79. The summed E-state index contributed by atoms with van der Waals surface area (Å²) in [6, 6.07) is 6.80. The Morgan fingerprint density at radius 2 is 1.60 bits per heavy atom. The minimum absolute atomic E-state index is 0.0223. The van der Waals surface area contributed by atoms with Gasteiger partial charge in [-0.2, -0.15) is 0 Å². The highest BCUT2D eigenvalue weighted by Gasteiger charge is 2.40. The second-order valence-corrected chi connectivity index (χ2v) is 5.85. The number of rotatable bonds is 4. The second-order valence-electron chi connectivity index (χ2n) is 5.45. The lowest BCUT2D eigenvalue weighted by molar-refractivity contribution is -0.137. The molecule has 0 fully saturated rings. The Kier molecular flexibility index (Phi) is 5.64. The largest absolute Gasteiger partial charge is 0.466 e. The van der Waals surface area contributed by atoms with E-state index in [1.54, 1.807) is 31.2 Å². The molecular weight excluding hydrogens is 346 g/mol. The Bertz CT molecular complexity index is 809. The first-order valence-corrected chi connectivity index (χ1v) is 7.85. The summed E-state index contributed by atoms with van der Waals surface area (Å²) in [5, 5.41) is 3.19. The molecule has 1 heterocycles. The van der Waals surface area contributed by atoms with Gasteiger partial charge in [-0.25, -0.2) is 9.59 Å². The molecule has 1 aromatic carbocycles. The molecule has 1 atom stereocenters. The van der Waals surface area contributed by atoms with E-state index in [0.29, 0.717) is 16.3 Å². The van der Waals surface area contributed by atoms with Crippen LogP contribution in [0, 0.1) is 0 Å². The summed E-state index contributed by atoms with van der Waals surface area (Å²) in [6.45, 7) is 2.96. The van der Waals surface area contributed by atoms with Gasteiger partial charge in [0, 0.05) is 17.6 Å². The molecule has 0 aliphatic carbocycles. The summed E-state index contributed by atoms with van der Waals surface area (Å²) in [5.41, 5.74) is 1.20. The third kappa shape index (κ3) is 3.44. The molecule has 1 aliphatic rings. The van der Waals surface area contributed by atoms with Crippen molar-refractivity contribution in [2.75, 3.05) is 14.2 Å². The summed E-state index contributed by atoms with van der Waals surface area (Å²) in [5.74, 6) is -2.59. The predicted molar refractivity (Wildman–Crippen MR) is 91.8 cm³/mol. The number of carbonyl (C=O) groups excluding carboxylic acids is 3. The van der Waals surface area contributed by atoms with Crippen molar-refractivity contribution in [3.63, 3.8) is 0 Å². The van der Waals surface area contributed by atoms with E-state index in [2.05, 4.69) is 5.32 Å². The van der Waals surface area contributed by atoms with Crippen LogP contribution in [0.15, 0.2) is 46.8 Å². The average molecular weight is 364 g/mol. The molecule has 0 saturated heterocycles. The van der Waals surface area contributed by atoms with E-state index in [-0.39, 0.29) is 22.6 Å². The number of Topliss-reactive ketones (excluding diaryl/α,β-unsaturated/α-hetero) is 1. The van der Waals surface area contributed by atoms with Crippen LogP contribution in [0.25, 0.3) is 0 Å². The number of ether oxygens (including phenoxy) is 2. The van der Waals surface area contributed by atoms with Crippen molar-refractivity contribution in [2.24, 2.45) is 0 Å². The minimum atomic E-state index is -0.881. The highest BCUT2D eigenvalue weighted by Crippen LogP contribution is 2.41. The highest BCUT2D eigenvalue weighted by molar-refractivity contribution is 6.31. The second kappa shape index (κ2) is 7.53. The van der Waals surface area contributed by atoms with Gasteiger partial charge in [-0.1, -0.05) is 29.8 Å². The fourth-order valence-corrected chi connectivity index (χ4v) is 3.08. The number of dihydropyridines is 1. The normalized spacial score (nSPS) is 17.1. The zero-order chi connectivity index (χ0) is 18.7. The van der Waals surface area contributed by atoms with Crippen LogP contribution in [-0.4, -0.2) is 31.9 Å². The topological polar surface area (TPSA) is 81.7 Å². The van der Waals surface area contributed by atoms with E-state index in [0.717, 1.165) is 0 Å². The number of esters is 2. The van der Waals surface area contributed by atoms with Crippen LogP contribution in [0.3, 0.4) is 0 Å². The molecule has 0 amide bonds. The average Bonchev–Trinajstić information content (AvgIpc) is 2.59. The van der Waals surface area contributed by atoms with Crippen LogP contribution in [0.4, 0.5) is 0 Å². The maximum Gasteiger partial charge on any atom is 0.336 e. The zero-order valence-electron chi connectivity index (χ0n) is 14.3. The first-order valence-electron chi connectivity index (χ1n) is 7.47. The van der Waals surface area contributed by atoms with Crippen molar-refractivity contribution in [2.45, 2.75) is 19.8 Å². The SMILES string of the molecule is COC(=O)C1=C(C)NC(C(C)=O)=C(C(=O)OC)C1c1ccccc1Cl. The van der Waals surface area contributed by atoms with Gasteiger partial charge >= 0.3 is 11.9 Å². The van der Waals surface area contributed by atoms with E-state index in [4.69, 9.17) is 21.1 Å². The number of methoxy groups -OCH3 is 2. The molecule has 1 N–H and O–H groups in total. The maximum atomic E-state index is 12.4. The molecule has 7 heteroatoms. The Morgan fingerprint density at radius 1 is 1.04 bits per heavy atom. The zero-order valence-corrected chi connectivity index (χ0v) is 15.1. The van der Waals surface area contributed by atoms with Crippen molar-refractivity contribution in [3.05, 3.63) is 57.4 Å². The molecule has 1 aromatic rings. The molecule has 0 radical (unpaired) electrons. The van der Waals surface area contributed by atoms with Gasteiger partial charge in [0.2, 0.25) is 0 Å². The summed E-state index contributed by atoms with van der Waals surface area (Å²) < 4.78 is 9.72. The molecule has 25 heavy (non-hydrogen) atoms. The van der Waals surface area contributed by atoms with Crippen LogP contribution in [0.5, 0.6) is 0 Å². The van der Waals surface area contributed by atoms with Gasteiger partial charge < -0.3 is 14.8 Å². The fraction of sp³-hybridized carbons (Fsp3) is 0.278. The molecule has 132 valence electrons. The van der Waals surface area contributed by atoms with Crippen LogP contribution < -0.4 is 5.32 Å². The van der Waals surface area contributed by atoms with E-state index in [1.165, 1.54) is 21.1 Å². The van der Waals surface area contributed by atoms with Crippen molar-refractivity contribution in [1.82, 2.24) is 5.32 Å². The summed E-state index contributed by atoms with van der Waals surface area (Å²) in [6.07, 6.45) is 0. The van der Waals surface area contributed by atoms with Crippen LogP contribution >= 0.6 is 11.6 Å². The number of nitrogens with one attached hydrogen (secondary N) is 1. The number of hydrogen-bond acceptors (Lipinski definition) is 6. The highest BCUT2D eigenvalue weighted by atomic mass is 35.5. The van der Waals surface area contributed by atoms with E-state index >= 15 is 0 Å². The number of hydrogen-bond donors (Lipinski definition) is 1. The van der Waals surface area contributed by atoms with Gasteiger partial charge in [0.15, 0.2) is 5.78 Å². The van der Waals surface area contributed by atoms with E-state index < -0.39 is 17.9 Å². The molecular formula is C18H18ClNO5. The Hall–Kier alpha value is -2.60. The van der Waals surface area contributed by atoms with Gasteiger partial charge in [-0.15, -0.1) is 0 Å². The monoisotopic (exact) mass is 363 g/mol. The van der Waals surface area contributed by atoms with Crippen LogP contribution in [-0.2, 0) is 23.9 Å². The van der Waals surface area contributed by atoms with Gasteiger partial charge in [0.25, 0.3) is 0 Å². The molecule has 1 aliphatic heterocycles. The van der Waals surface area contributed by atoms with Gasteiger partial charge in [0.05, 0.1) is 37.0 Å². The standard InChI is InChI=1S/C18H18ClNO5/c1-9-13(17(22)24-3)14(11-7-5-6-8-12(11)19)15(18(23)25-4)16(20-9)10(2)21/h5-8,14,20H,1-4H3. The summed E-state index contributed by atoms with van der Waals surface area (Å²) in [4.78, 5) is 36.9. The van der Waals surface area contributed by atoms with Gasteiger partial charge in [-0.05, 0) is 18.6 Å². The lowest BCUT2D eigenvalue weighted by Gasteiger charge is -2.30. The van der Waals surface area contributed by atoms with Crippen LogP contribution in [0.2, 0.25) is 5.02 Å². The predicted octanol–water partition coefficient (Wildman–Crippen LogP) is 2.49. The molecule has 6 nitrogen and oxygen atoms in total. The molecule has 0 bridgehead atoms. The number of carbonyl (C=O) groups is 3.